The van der Waals surface area contributed by atoms with Crippen molar-refractivity contribution in [2.75, 3.05) is 19.9 Å². The molecule has 2 saturated heterocycles. The molecule has 1 atom stereocenters. The van der Waals surface area contributed by atoms with E-state index in [0.29, 0.717) is 6.79 Å². The SMILES string of the molecule is O=C(/C=C/C=C/CCC1=CC=C2OCOC2[CH]1)N1CCCCC1. The molecule has 1 unspecified atom stereocenters. The molecule has 0 aromatic rings. The van der Waals surface area contributed by atoms with E-state index in [9.17, 15) is 4.79 Å². The fraction of sp³-hybridized carbons (Fsp3) is 0.474. The molecule has 3 rings (SSSR count). The molecule has 4 heteroatoms. The van der Waals surface area contributed by atoms with Crippen LogP contribution in [0.15, 0.2) is 47.8 Å². The molecular weight excluding hydrogens is 290 g/mol. The van der Waals surface area contributed by atoms with Gasteiger partial charge in [-0.1, -0.05) is 29.9 Å². The number of hydrogen-bond donors (Lipinski definition) is 0. The first kappa shape index (κ1) is 16.1. The third kappa shape index (κ3) is 4.58. The molecule has 2 aliphatic heterocycles. The number of allylic oxidation sites excluding steroid dienone is 5. The van der Waals surface area contributed by atoms with Crippen LogP contribution in [0.5, 0.6) is 0 Å². The van der Waals surface area contributed by atoms with E-state index in [1.807, 2.05) is 23.1 Å². The fourth-order valence-corrected chi connectivity index (χ4v) is 3.00. The zero-order valence-corrected chi connectivity index (χ0v) is 13.4. The summed E-state index contributed by atoms with van der Waals surface area (Å²) < 4.78 is 10.8. The number of hydrogen-bond acceptors (Lipinski definition) is 3. The molecule has 2 heterocycles. The lowest BCUT2D eigenvalue weighted by molar-refractivity contribution is -0.126. The highest BCUT2D eigenvalue weighted by Crippen LogP contribution is 2.28. The molecule has 4 nitrogen and oxygen atoms in total. The second-order valence-corrected chi connectivity index (χ2v) is 6.04. The van der Waals surface area contributed by atoms with Crippen LogP contribution >= 0.6 is 0 Å². The molecule has 0 aromatic heterocycles. The molecule has 1 aliphatic carbocycles. The first-order valence-electron chi connectivity index (χ1n) is 8.45. The summed E-state index contributed by atoms with van der Waals surface area (Å²) in [7, 11) is 0. The standard InChI is InChI=1S/C19H24NO3/c21-19(20-12-6-3-7-13-20)9-5-2-1-4-8-16-10-11-17-18(14-16)23-15-22-17/h1-2,5,9-11,14,18H,3-4,6-8,12-13,15H2/b2-1+,9-5+. The number of fused-ring (bicyclic) bond motifs is 1. The van der Waals surface area contributed by atoms with Crippen molar-refractivity contribution >= 4 is 5.91 Å². The lowest BCUT2D eigenvalue weighted by Gasteiger charge is -2.25. The second-order valence-electron chi connectivity index (χ2n) is 6.04. The molecule has 0 saturated carbocycles. The van der Waals surface area contributed by atoms with Crippen LogP contribution < -0.4 is 0 Å². The zero-order valence-electron chi connectivity index (χ0n) is 13.4. The molecule has 0 spiro atoms. The van der Waals surface area contributed by atoms with Gasteiger partial charge >= 0.3 is 0 Å². The Balaban J connectivity index is 1.36. The molecule has 2 fully saturated rings. The van der Waals surface area contributed by atoms with Gasteiger partial charge < -0.3 is 14.4 Å². The Labute approximate surface area is 138 Å². The Kier molecular flexibility index (Phi) is 5.70. The first-order chi connectivity index (χ1) is 11.3. The van der Waals surface area contributed by atoms with Crippen molar-refractivity contribution in [2.24, 2.45) is 0 Å². The Morgan fingerprint density at radius 3 is 2.96 bits per heavy atom. The summed E-state index contributed by atoms with van der Waals surface area (Å²) in [6.45, 7) is 2.16. The predicted octanol–water partition coefficient (Wildman–Crippen LogP) is 3.29. The number of piperidine rings is 1. The fourth-order valence-electron chi connectivity index (χ4n) is 3.00. The number of amides is 1. The monoisotopic (exact) mass is 314 g/mol. The van der Waals surface area contributed by atoms with Crippen LogP contribution in [-0.2, 0) is 14.3 Å². The van der Waals surface area contributed by atoms with E-state index in [2.05, 4.69) is 18.6 Å². The van der Waals surface area contributed by atoms with Gasteiger partial charge in [0, 0.05) is 25.6 Å². The van der Waals surface area contributed by atoms with Crippen molar-refractivity contribution in [1.29, 1.82) is 0 Å². The zero-order chi connectivity index (χ0) is 15.9. The highest BCUT2D eigenvalue weighted by molar-refractivity contribution is 5.87. The van der Waals surface area contributed by atoms with Crippen molar-refractivity contribution in [2.45, 2.75) is 38.2 Å². The minimum Gasteiger partial charge on any atom is -0.469 e. The van der Waals surface area contributed by atoms with Gasteiger partial charge in [0.1, 0.15) is 11.9 Å². The van der Waals surface area contributed by atoms with Crippen LogP contribution in [0.1, 0.15) is 32.1 Å². The maximum absolute atomic E-state index is 11.9. The lowest BCUT2D eigenvalue weighted by Crippen LogP contribution is -2.34. The number of carbonyl (C=O) groups excluding carboxylic acids is 1. The number of ether oxygens (including phenoxy) is 2. The molecule has 1 amide bonds. The summed E-state index contributed by atoms with van der Waals surface area (Å²) in [5, 5.41) is 0. The molecule has 0 N–H and O–H groups in total. The highest BCUT2D eigenvalue weighted by atomic mass is 16.7. The Bertz CT molecular complexity index is 539. The maximum Gasteiger partial charge on any atom is 0.246 e. The Hall–Kier alpha value is -1.81. The van der Waals surface area contributed by atoms with Crippen LogP contribution in [0, 0.1) is 6.42 Å². The minimum absolute atomic E-state index is 0.000963. The summed E-state index contributed by atoms with van der Waals surface area (Å²) in [5.74, 6) is 1.04. The Morgan fingerprint density at radius 1 is 1.22 bits per heavy atom. The van der Waals surface area contributed by atoms with E-state index in [0.717, 1.165) is 44.5 Å². The predicted molar refractivity (Wildman–Crippen MR) is 89.2 cm³/mol. The smallest absolute Gasteiger partial charge is 0.246 e. The van der Waals surface area contributed by atoms with Gasteiger partial charge in [0.2, 0.25) is 5.91 Å². The molecule has 0 aromatic carbocycles. The van der Waals surface area contributed by atoms with Crippen LogP contribution in [-0.4, -0.2) is 36.8 Å². The van der Waals surface area contributed by atoms with Crippen LogP contribution in [0.4, 0.5) is 0 Å². The van der Waals surface area contributed by atoms with Gasteiger partial charge in [-0.25, -0.2) is 0 Å². The van der Waals surface area contributed by atoms with Gasteiger partial charge in [0.25, 0.3) is 0 Å². The topological polar surface area (TPSA) is 38.8 Å². The first-order valence-corrected chi connectivity index (χ1v) is 8.45. The molecular formula is C19H24NO3. The number of likely N-dealkylation sites (tertiary alicyclic amines) is 1. The summed E-state index contributed by atoms with van der Waals surface area (Å²) in [4.78, 5) is 13.9. The quantitative estimate of drug-likeness (QED) is 0.577. The Morgan fingerprint density at radius 2 is 2.09 bits per heavy atom. The molecule has 1 radical (unpaired) electrons. The summed E-state index contributed by atoms with van der Waals surface area (Å²) in [6, 6.07) is 0. The lowest BCUT2D eigenvalue weighted by atomic mass is 9.97. The third-order valence-electron chi connectivity index (χ3n) is 4.33. The van der Waals surface area contributed by atoms with E-state index >= 15 is 0 Å². The molecule has 0 bridgehead atoms. The van der Waals surface area contributed by atoms with E-state index in [-0.39, 0.29) is 12.0 Å². The van der Waals surface area contributed by atoms with E-state index in [4.69, 9.17) is 9.47 Å². The van der Waals surface area contributed by atoms with Gasteiger partial charge in [-0.15, -0.1) is 0 Å². The summed E-state index contributed by atoms with van der Waals surface area (Å²) >= 11 is 0. The van der Waals surface area contributed by atoms with Crippen molar-refractivity contribution in [1.82, 2.24) is 4.90 Å². The number of carbonyl (C=O) groups is 1. The normalized spacial score (nSPS) is 24.5. The van der Waals surface area contributed by atoms with Crippen molar-refractivity contribution in [3.8, 4) is 0 Å². The van der Waals surface area contributed by atoms with Gasteiger partial charge in [-0.05, 0) is 38.2 Å². The van der Waals surface area contributed by atoms with Crippen LogP contribution in [0.3, 0.4) is 0 Å². The van der Waals surface area contributed by atoms with E-state index < -0.39 is 0 Å². The highest BCUT2D eigenvalue weighted by Gasteiger charge is 2.26. The van der Waals surface area contributed by atoms with E-state index in [1.54, 1.807) is 6.08 Å². The molecule has 23 heavy (non-hydrogen) atoms. The average Bonchev–Trinajstić information content (AvgIpc) is 3.06. The summed E-state index contributed by atoms with van der Waals surface area (Å²) in [5.41, 5.74) is 1.27. The third-order valence-corrected chi connectivity index (χ3v) is 4.33. The van der Waals surface area contributed by atoms with Gasteiger partial charge in [-0.2, -0.15) is 0 Å². The van der Waals surface area contributed by atoms with Crippen molar-refractivity contribution in [3.05, 3.63) is 54.2 Å². The van der Waals surface area contributed by atoms with Crippen molar-refractivity contribution in [3.63, 3.8) is 0 Å². The van der Waals surface area contributed by atoms with E-state index in [1.165, 1.54) is 12.0 Å². The minimum atomic E-state index is 0.000963. The van der Waals surface area contributed by atoms with Crippen molar-refractivity contribution < 1.29 is 14.3 Å². The maximum atomic E-state index is 11.9. The van der Waals surface area contributed by atoms with Crippen LogP contribution in [0.2, 0.25) is 0 Å². The average molecular weight is 314 g/mol. The van der Waals surface area contributed by atoms with Gasteiger partial charge in [-0.3, -0.25) is 4.79 Å². The van der Waals surface area contributed by atoms with Gasteiger partial charge in [0.05, 0.1) is 0 Å². The number of rotatable bonds is 5. The molecule has 3 aliphatic rings. The summed E-state index contributed by atoms with van der Waals surface area (Å²) in [6.07, 6.45) is 19.2. The molecule has 123 valence electrons. The number of nitrogens with zero attached hydrogens (tertiary/aromatic N) is 1. The second kappa shape index (κ2) is 8.16. The van der Waals surface area contributed by atoms with Gasteiger partial charge in [0.15, 0.2) is 6.79 Å². The largest absolute Gasteiger partial charge is 0.469 e. The van der Waals surface area contributed by atoms with Crippen LogP contribution in [0.25, 0.3) is 0 Å².